The van der Waals surface area contributed by atoms with Crippen LogP contribution >= 0.6 is 11.6 Å². The summed E-state index contributed by atoms with van der Waals surface area (Å²) in [5, 5.41) is 3.43. The van der Waals surface area contributed by atoms with Gasteiger partial charge in [-0.15, -0.1) is 0 Å². The molecule has 0 saturated heterocycles. The van der Waals surface area contributed by atoms with Gasteiger partial charge in [-0.05, 0) is 98.3 Å². The van der Waals surface area contributed by atoms with Crippen molar-refractivity contribution < 1.29 is 4.58 Å². The molecule has 2 aliphatic rings. The highest BCUT2D eigenvalue weighted by atomic mass is 35.5. The van der Waals surface area contributed by atoms with E-state index in [-0.39, 0.29) is 10.8 Å². The zero-order valence-corrected chi connectivity index (χ0v) is 25.9. The van der Waals surface area contributed by atoms with Gasteiger partial charge in [0.05, 0.1) is 5.41 Å². The lowest BCUT2D eigenvalue weighted by molar-refractivity contribution is -0.401. The van der Waals surface area contributed by atoms with Gasteiger partial charge < -0.3 is 4.90 Å². The maximum atomic E-state index is 6.62. The monoisotopic (exact) mass is 559 g/mol. The fourth-order valence-electron chi connectivity index (χ4n) is 7.29. The Morgan fingerprint density at radius 3 is 2.46 bits per heavy atom. The van der Waals surface area contributed by atoms with E-state index in [1.807, 2.05) is 6.07 Å². The number of nitrogens with zero attached hydrogens (tertiary/aromatic N) is 2. The van der Waals surface area contributed by atoms with Gasteiger partial charge in [-0.1, -0.05) is 73.1 Å². The summed E-state index contributed by atoms with van der Waals surface area (Å²) in [4.78, 5) is 2.52. The van der Waals surface area contributed by atoms with E-state index in [4.69, 9.17) is 11.6 Å². The van der Waals surface area contributed by atoms with Crippen molar-refractivity contribution in [2.75, 3.05) is 18.5 Å². The SMILES string of the molecule is CCCN1C(=CC=CC2=[N+](C)c3ccc4ccccc4c3C2(C)C)C(C)(Cc2ccccc2C)c2cc(Cl)ccc21. The lowest BCUT2D eigenvalue weighted by atomic mass is 9.75. The van der Waals surface area contributed by atoms with E-state index in [9.17, 15) is 0 Å². The van der Waals surface area contributed by atoms with E-state index in [1.54, 1.807) is 0 Å². The minimum atomic E-state index is -0.202. The molecule has 2 aliphatic heterocycles. The van der Waals surface area contributed by atoms with E-state index in [0.717, 1.165) is 24.4 Å². The fraction of sp³-hybridized carbons (Fsp3) is 0.289. The van der Waals surface area contributed by atoms with Gasteiger partial charge in [0.25, 0.3) is 0 Å². The van der Waals surface area contributed by atoms with E-state index in [2.05, 4.69) is 142 Å². The van der Waals surface area contributed by atoms with Gasteiger partial charge in [0.1, 0.15) is 7.05 Å². The molecule has 2 nitrogen and oxygen atoms in total. The second-order valence-corrected chi connectivity index (χ2v) is 12.8. The molecule has 6 rings (SSSR count). The third-order valence-electron chi connectivity index (χ3n) is 9.36. The lowest BCUT2D eigenvalue weighted by Gasteiger charge is -2.31. The first-order chi connectivity index (χ1) is 19.7. The molecule has 0 aliphatic carbocycles. The van der Waals surface area contributed by atoms with E-state index in [0.29, 0.717) is 0 Å². The molecule has 0 fully saturated rings. The molecule has 0 saturated carbocycles. The molecular formula is C38H40ClN2+. The molecular weight excluding hydrogens is 520 g/mol. The molecule has 41 heavy (non-hydrogen) atoms. The van der Waals surface area contributed by atoms with Gasteiger partial charge in [-0.25, -0.2) is 0 Å². The van der Waals surface area contributed by atoms with Crippen molar-refractivity contribution in [3.05, 3.63) is 130 Å². The number of hydrogen-bond donors (Lipinski definition) is 0. The normalized spacial score (nSPS) is 20.5. The van der Waals surface area contributed by atoms with E-state index >= 15 is 0 Å². The predicted octanol–water partition coefficient (Wildman–Crippen LogP) is 9.68. The minimum absolute atomic E-state index is 0.111. The number of halogens is 1. The summed E-state index contributed by atoms with van der Waals surface area (Å²) in [7, 11) is 2.20. The summed E-state index contributed by atoms with van der Waals surface area (Å²) in [5.74, 6) is 0. The lowest BCUT2D eigenvalue weighted by Crippen LogP contribution is -2.31. The van der Waals surface area contributed by atoms with Crippen LogP contribution in [0.3, 0.4) is 0 Å². The molecule has 4 aromatic carbocycles. The second-order valence-electron chi connectivity index (χ2n) is 12.4. The quantitative estimate of drug-likeness (QED) is 0.213. The summed E-state index contributed by atoms with van der Waals surface area (Å²) in [6.07, 6.45) is 8.96. The molecule has 1 unspecified atom stereocenters. The molecule has 0 spiro atoms. The van der Waals surface area contributed by atoms with Crippen LogP contribution in [-0.4, -0.2) is 23.9 Å². The van der Waals surface area contributed by atoms with Gasteiger partial charge in [-0.2, -0.15) is 4.58 Å². The van der Waals surface area contributed by atoms with Crippen LogP contribution < -0.4 is 4.90 Å². The van der Waals surface area contributed by atoms with Gasteiger partial charge in [0.2, 0.25) is 5.69 Å². The van der Waals surface area contributed by atoms with Gasteiger partial charge in [0.15, 0.2) is 5.71 Å². The molecule has 1 atom stereocenters. The van der Waals surface area contributed by atoms with Crippen LogP contribution in [-0.2, 0) is 17.3 Å². The van der Waals surface area contributed by atoms with Crippen molar-refractivity contribution in [3.63, 3.8) is 0 Å². The molecule has 0 aromatic heterocycles. The van der Waals surface area contributed by atoms with Crippen molar-refractivity contribution in [2.24, 2.45) is 0 Å². The number of hydrogen-bond acceptors (Lipinski definition) is 1. The third-order valence-corrected chi connectivity index (χ3v) is 9.59. The summed E-state index contributed by atoms with van der Waals surface area (Å²) >= 11 is 6.62. The van der Waals surface area contributed by atoms with E-state index < -0.39 is 0 Å². The molecule has 208 valence electrons. The van der Waals surface area contributed by atoms with Gasteiger partial charge in [-0.3, -0.25) is 0 Å². The standard InChI is InChI=1S/C38H40ClN2/c1-7-23-41-32-22-20-29(39)24-31(32)38(5,25-28-15-9-8-13-26(28)2)35(41)18-12-17-34-37(3,4)36-30-16-11-10-14-27(30)19-21-33(36)40(34)6/h8-22,24H,7,23,25H2,1-6H3/q+1. The summed E-state index contributed by atoms with van der Waals surface area (Å²) < 4.78 is 2.37. The van der Waals surface area contributed by atoms with Crippen LogP contribution in [0, 0.1) is 6.92 Å². The Kier molecular flexibility index (Phi) is 6.94. The number of aryl methyl sites for hydroxylation is 1. The van der Waals surface area contributed by atoms with Crippen molar-refractivity contribution in [3.8, 4) is 0 Å². The Bertz CT molecular complexity index is 1760. The second kappa shape index (κ2) is 10.3. The Hall–Kier alpha value is -3.62. The van der Waals surface area contributed by atoms with Crippen LogP contribution in [0.2, 0.25) is 5.02 Å². The van der Waals surface area contributed by atoms with Crippen molar-refractivity contribution >= 4 is 39.5 Å². The number of benzene rings is 4. The molecule has 0 amide bonds. The molecule has 3 heteroatoms. The Balaban J connectivity index is 1.45. The number of allylic oxidation sites excluding steroid dienone is 4. The fourth-order valence-corrected chi connectivity index (χ4v) is 7.46. The maximum absolute atomic E-state index is 6.62. The maximum Gasteiger partial charge on any atom is 0.210 e. The van der Waals surface area contributed by atoms with Gasteiger partial charge >= 0.3 is 0 Å². The predicted molar refractivity (Wildman–Crippen MR) is 176 cm³/mol. The average molecular weight is 560 g/mol. The number of anilines is 1. The third kappa shape index (κ3) is 4.44. The van der Waals surface area contributed by atoms with Crippen LogP contribution in [0.4, 0.5) is 11.4 Å². The molecule has 4 aromatic rings. The zero-order valence-electron chi connectivity index (χ0n) is 25.1. The Morgan fingerprint density at radius 2 is 1.68 bits per heavy atom. The highest BCUT2D eigenvalue weighted by molar-refractivity contribution is 6.30. The summed E-state index contributed by atoms with van der Waals surface area (Å²) in [6.45, 7) is 12.5. The summed E-state index contributed by atoms with van der Waals surface area (Å²) in [5.41, 5.74) is 10.3. The largest absolute Gasteiger partial charge is 0.344 e. The van der Waals surface area contributed by atoms with Gasteiger partial charge in [0, 0.05) is 46.1 Å². The first-order valence-corrected chi connectivity index (χ1v) is 15.2. The van der Waals surface area contributed by atoms with Crippen molar-refractivity contribution in [1.29, 1.82) is 0 Å². The Labute approximate surface area is 250 Å². The smallest absolute Gasteiger partial charge is 0.210 e. The average Bonchev–Trinajstić information content (AvgIpc) is 3.29. The number of rotatable bonds is 6. The van der Waals surface area contributed by atoms with E-state index in [1.165, 1.54) is 55.8 Å². The minimum Gasteiger partial charge on any atom is -0.344 e. The van der Waals surface area contributed by atoms with Crippen LogP contribution in [0.15, 0.2) is 103 Å². The molecule has 0 N–H and O–H groups in total. The molecule has 0 radical (unpaired) electrons. The van der Waals surface area contributed by atoms with Crippen molar-refractivity contribution in [2.45, 2.75) is 58.3 Å². The summed E-state index contributed by atoms with van der Waals surface area (Å²) in [6, 6.07) is 28.5. The highest BCUT2D eigenvalue weighted by Gasteiger charge is 2.45. The first kappa shape index (κ1) is 27.5. The molecule has 0 bridgehead atoms. The van der Waals surface area contributed by atoms with Crippen LogP contribution in [0.1, 0.15) is 56.4 Å². The molecule has 2 heterocycles. The highest BCUT2D eigenvalue weighted by Crippen LogP contribution is 2.51. The first-order valence-electron chi connectivity index (χ1n) is 14.8. The number of fused-ring (bicyclic) bond motifs is 4. The topological polar surface area (TPSA) is 6.25 Å². The van der Waals surface area contributed by atoms with Crippen LogP contribution in [0.5, 0.6) is 0 Å². The van der Waals surface area contributed by atoms with Crippen molar-refractivity contribution in [1.82, 2.24) is 0 Å². The Morgan fingerprint density at radius 1 is 0.927 bits per heavy atom. The zero-order chi connectivity index (χ0) is 28.9. The van der Waals surface area contributed by atoms with Crippen LogP contribution in [0.25, 0.3) is 10.8 Å².